The van der Waals surface area contributed by atoms with Gasteiger partial charge in [0.05, 0.1) is 0 Å². The van der Waals surface area contributed by atoms with Crippen molar-refractivity contribution in [3.63, 3.8) is 0 Å². The zero-order valence-corrected chi connectivity index (χ0v) is 7.18. The summed E-state index contributed by atoms with van der Waals surface area (Å²) in [5.74, 6) is 2.56. The van der Waals surface area contributed by atoms with E-state index in [1.54, 1.807) is 0 Å². The van der Waals surface area contributed by atoms with Gasteiger partial charge in [-0.2, -0.15) is 0 Å². The lowest BCUT2D eigenvalue weighted by atomic mass is 10.2. The van der Waals surface area contributed by atoms with Crippen molar-refractivity contribution in [2.24, 2.45) is 0 Å². The van der Waals surface area contributed by atoms with Gasteiger partial charge in [-0.15, -0.1) is 12.3 Å². The number of carbonyl (C=O) groups excluding carboxylic acids is 1. The second kappa shape index (κ2) is 4.66. The topological polar surface area (TPSA) is 32.3 Å². The summed E-state index contributed by atoms with van der Waals surface area (Å²) in [6, 6.07) is 0.0540. The molecule has 0 saturated carbocycles. The van der Waals surface area contributed by atoms with E-state index in [0.717, 1.165) is 38.9 Å². The van der Waals surface area contributed by atoms with Crippen LogP contribution in [-0.2, 0) is 0 Å². The fraction of sp³-hybridized carbons (Fsp3) is 0.667. The van der Waals surface area contributed by atoms with Crippen molar-refractivity contribution < 1.29 is 4.79 Å². The van der Waals surface area contributed by atoms with Crippen LogP contribution in [0.5, 0.6) is 0 Å². The van der Waals surface area contributed by atoms with E-state index in [-0.39, 0.29) is 6.03 Å². The molecule has 0 aromatic heterocycles. The Kier molecular flexibility index (Phi) is 3.46. The number of nitrogens with one attached hydrogen (secondary N) is 1. The molecule has 2 amide bonds. The highest BCUT2D eigenvalue weighted by Crippen LogP contribution is 2.01. The summed E-state index contributed by atoms with van der Waals surface area (Å²) in [5.41, 5.74) is 0. The molecule has 0 aliphatic carbocycles. The van der Waals surface area contributed by atoms with Gasteiger partial charge in [0.25, 0.3) is 0 Å². The van der Waals surface area contributed by atoms with Crippen LogP contribution in [-0.4, -0.2) is 30.6 Å². The van der Waals surface area contributed by atoms with Crippen molar-refractivity contribution in [2.45, 2.75) is 19.3 Å². The summed E-state index contributed by atoms with van der Waals surface area (Å²) in [6.07, 6.45) is 7.81. The van der Waals surface area contributed by atoms with Crippen LogP contribution in [0.25, 0.3) is 0 Å². The zero-order valence-electron chi connectivity index (χ0n) is 7.18. The van der Waals surface area contributed by atoms with Gasteiger partial charge in [0.2, 0.25) is 0 Å². The van der Waals surface area contributed by atoms with Crippen LogP contribution in [0.1, 0.15) is 19.3 Å². The molecule has 0 aromatic rings. The second-order valence-electron chi connectivity index (χ2n) is 2.88. The molecule has 0 bridgehead atoms. The largest absolute Gasteiger partial charge is 0.338 e. The van der Waals surface area contributed by atoms with Crippen molar-refractivity contribution in [1.29, 1.82) is 0 Å². The van der Waals surface area contributed by atoms with Gasteiger partial charge in [0, 0.05) is 26.1 Å². The fourth-order valence-electron chi connectivity index (χ4n) is 1.26. The predicted octanol–water partition coefficient (Wildman–Crippen LogP) is 0.815. The van der Waals surface area contributed by atoms with Gasteiger partial charge in [0.15, 0.2) is 0 Å². The molecule has 0 spiro atoms. The molecule has 1 aliphatic heterocycles. The van der Waals surface area contributed by atoms with Gasteiger partial charge in [-0.3, -0.25) is 0 Å². The van der Waals surface area contributed by atoms with E-state index in [2.05, 4.69) is 11.2 Å². The molecule has 1 heterocycles. The van der Waals surface area contributed by atoms with E-state index in [9.17, 15) is 4.79 Å². The van der Waals surface area contributed by atoms with Crippen molar-refractivity contribution in [2.75, 3.05) is 19.6 Å². The minimum absolute atomic E-state index is 0.0540. The molecule has 3 heteroatoms. The number of carbonyl (C=O) groups is 1. The molecule has 12 heavy (non-hydrogen) atoms. The van der Waals surface area contributed by atoms with E-state index < -0.39 is 0 Å². The standard InChI is InChI=1S/C9H14N2O/c1-2-3-4-7-11-8-5-6-10-9(11)12/h1H,3-8H2,(H,10,12). The van der Waals surface area contributed by atoms with E-state index in [0.29, 0.717) is 0 Å². The monoisotopic (exact) mass is 166 g/mol. The summed E-state index contributed by atoms with van der Waals surface area (Å²) < 4.78 is 0. The molecule has 0 atom stereocenters. The third-order valence-electron chi connectivity index (χ3n) is 1.92. The van der Waals surface area contributed by atoms with E-state index >= 15 is 0 Å². The molecule has 1 N–H and O–H groups in total. The van der Waals surface area contributed by atoms with Gasteiger partial charge in [-0.1, -0.05) is 0 Å². The van der Waals surface area contributed by atoms with Crippen LogP contribution in [0, 0.1) is 12.3 Å². The van der Waals surface area contributed by atoms with Crippen LogP contribution in [0.3, 0.4) is 0 Å². The normalized spacial score (nSPS) is 16.9. The van der Waals surface area contributed by atoms with Crippen molar-refractivity contribution >= 4 is 6.03 Å². The summed E-state index contributed by atoms with van der Waals surface area (Å²) in [6.45, 7) is 2.47. The lowest BCUT2D eigenvalue weighted by molar-refractivity contribution is 0.186. The summed E-state index contributed by atoms with van der Waals surface area (Å²) in [4.78, 5) is 13.0. The minimum Gasteiger partial charge on any atom is -0.338 e. The highest BCUT2D eigenvalue weighted by molar-refractivity contribution is 5.74. The highest BCUT2D eigenvalue weighted by Gasteiger charge is 2.15. The average Bonchev–Trinajstić information content (AvgIpc) is 2.09. The number of hydrogen-bond donors (Lipinski definition) is 1. The number of rotatable bonds is 3. The lowest BCUT2D eigenvalue weighted by Crippen LogP contribution is -2.46. The first-order valence-electron chi connectivity index (χ1n) is 4.31. The maximum Gasteiger partial charge on any atom is 0.317 e. The summed E-state index contributed by atoms with van der Waals surface area (Å²) in [7, 11) is 0. The maximum atomic E-state index is 11.2. The van der Waals surface area contributed by atoms with Crippen molar-refractivity contribution in [1.82, 2.24) is 10.2 Å². The Labute approximate surface area is 73.1 Å². The van der Waals surface area contributed by atoms with E-state index in [1.807, 2.05) is 4.90 Å². The minimum atomic E-state index is 0.0540. The molecule has 66 valence electrons. The number of amides is 2. The first-order chi connectivity index (χ1) is 5.84. The number of nitrogens with zero attached hydrogens (tertiary/aromatic N) is 1. The first-order valence-corrected chi connectivity index (χ1v) is 4.31. The lowest BCUT2D eigenvalue weighted by Gasteiger charge is -2.27. The van der Waals surface area contributed by atoms with Gasteiger partial charge < -0.3 is 10.2 Å². The van der Waals surface area contributed by atoms with Crippen molar-refractivity contribution in [3.8, 4) is 12.3 Å². The summed E-state index contributed by atoms with van der Waals surface area (Å²) in [5, 5.41) is 2.79. The molecule has 1 saturated heterocycles. The second-order valence-corrected chi connectivity index (χ2v) is 2.88. The average molecular weight is 166 g/mol. The van der Waals surface area contributed by atoms with Gasteiger partial charge in [0.1, 0.15) is 0 Å². The van der Waals surface area contributed by atoms with E-state index in [4.69, 9.17) is 6.42 Å². The Morgan fingerprint density at radius 1 is 1.67 bits per heavy atom. The SMILES string of the molecule is C#CCCCN1CCCNC1=O. The Morgan fingerprint density at radius 3 is 3.17 bits per heavy atom. The molecule has 0 unspecified atom stereocenters. The van der Waals surface area contributed by atoms with Gasteiger partial charge >= 0.3 is 6.03 Å². The Hall–Kier alpha value is -1.17. The molecule has 0 radical (unpaired) electrons. The number of hydrogen-bond acceptors (Lipinski definition) is 1. The quantitative estimate of drug-likeness (QED) is 0.488. The smallest absolute Gasteiger partial charge is 0.317 e. The molecule has 3 nitrogen and oxygen atoms in total. The van der Waals surface area contributed by atoms with Crippen LogP contribution in [0.4, 0.5) is 4.79 Å². The van der Waals surface area contributed by atoms with Gasteiger partial charge in [-0.25, -0.2) is 4.79 Å². The highest BCUT2D eigenvalue weighted by atomic mass is 16.2. The summed E-state index contributed by atoms with van der Waals surface area (Å²) >= 11 is 0. The predicted molar refractivity (Wildman–Crippen MR) is 47.7 cm³/mol. The third kappa shape index (κ3) is 2.46. The first kappa shape index (κ1) is 8.92. The van der Waals surface area contributed by atoms with Crippen LogP contribution in [0.15, 0.2) is 0 Å². The molecule has 1 rings (SSSR count). The molecule has 1 fully saturated rings. The Bertz CT molecular complexity index is 195. The van der Waals surface area contributed by atoms with Gasteiger partial charge in [-0.05, 0) is 12.8 Å². The Balaban J connectivity index is 2.21. The third-order valence-corrected chi connectivity index (χ3v) is 1.92. The van der Waals surface area contributed by atoms with Crippen LogP contribution < -0.4 is 5.32 Å². The number of terminal acetylenes is 1. The molecule has 0 aromatic carbocycles. The number of urea groups is 1. The molecular formula is C9H14N2O. The van der Waals surface area contributed by atoms with E-state index in [1.165, 1.54) is 0 Å². The molecular weight excluding hydrogens is 152 g/mol. The van der Waals surface area contributed by atoms with Crippen LogP contribution in [0.2, 0.25) is 0 Å². The fourth-order valence-corrected chi connectivity index (χ4v) is 1.26. The molecule has 1 aliphatic rings. The van der Waals surface area contributed by atoms with Crippen LogP contribution >= 0.6 is 0 Å². The van der Waals surface area contributed by atoms with Crippen molar-refractivity contribution in [3.05, 3.63) is 0 Å². The number of unbranched alkanes of at least 4 members (excludes halogenated alkanes) is 1. The zero-order chi connectivity index (χ0) is 8.81. The maximum absolute atomic E-state index is 11.2. The Morgan fingerprint density at radius 2 is 2.50 bits per heavy atom.